The van der Waals surface area contributed by atoms with Crippen LogP contribution in [0.25, 0.3) is 0 Å². The first-order chi connectivity index (χ1) is 16.3. The van der Waals surface area contributed by atoms with Crippen LogP contribution in [0.3, 0.4) is 0 Å². The molecule has 1 aliphatic heterocycles. The van der Waals surface area contributed by atoms with E-state index in [9.17, 15) is 19.5 Å². The number of methoxy groups -OCH3 is 1. The standard InChI is InChI=1S/C27H26N2O5/c1-17-15-25(29(18(2)30)21-8-6-7-20(16-21)27(32)33)23-9-4-5-10-24(23)28(17)26(31)19-11-13-22(34-3)14-12-19/h4-14,16-17,25H,15H2,1-3H3,(H,32,33). The number of carbonyl (C=O) groups is 3. The van der Waals surface area contributed by atoms with Gasteiger partial charge in [0.15, 0.2) is 0 Å². The van der Waals surface area contributed by atoms with E-state index in [0.717, 1.165) is 11.3 Å². The first-order valence-corrected chi connectivity index (χ1v) is 11.0. The fourth-order valence-corrected chi connectivity index (χ4v) is 4.58. The number of fused-ring (bicyclic) bond motifs is 1. The van der Waals surface area contributed by atoms with E-state index in [0.29, 0.717) is 23.4 Å². The fourth-order valence-electron chi connectivity index (χ4n) is 4.58. The van der Waals surface area contributed by atoms with E-state index in [1.165, 1.54) is 19.1 Å². The van der Waals surface area contributed by atoms with E-state index in [4.69, 9.17) is 4.74 Å². The molecule has 2 atom stereocenters. The first-order valence-electron chi connectivity index (χ1n) is 11.0. The maximum absolute atomic E-state index is 13.5. The second-order valence-corrected chi connectivity index (χ2v) is 8.31. The molecule has 1 N–H and O–H groups in total. The zero-order chi connectivity index (χ0) is 24.4. The van der Waals surface area contributed by atoms with Crippen LogP contribution in [0.4, 0.5) is 11.4 Å². The number of amides is 2. The Morgan fingerprint density at radius 2 is 1.68 bits per heavy atom. The quantitative estimate of drug-likeness (QED) is 0.586. The minimum atomic E-state index is -1.06. The minimum Gasteiger partial charge on any atom is -0.497 e. The smallest absolute Gasteiger partial charge is 0.335 e. The summed E-state index contributed by atoms with van der Waals surface area (Å²) in [6.07, 6.45) is 0.496. The number of carbonyl (C=O) groups excluding carboxylic acids is 2. The van der Waals surface area contributed by atoms with Gasteiger partial charge in [0.2, 0.25) is 5.91 Å². The van der Waals surface area contributed by atoms with Gasteiger partial charge in [0.1, 0.15) is 5.75 Å². The highest BCUT2D eigenvalue weighted by Gasteiger charge is 2.38. The maximum atomic E-state index is 13.5. The molecule has 0 saturated carbocycles. The molecule has 2 unspecified atom stereocenters. The summed E-state index contributed by atoms with van der Waals surface area (Å²) >= 11 is 0. The molecule has 0 aromatic heterocycles. The number of ether oxygens (including phenoxy) is 1. The summed E-state index contributed by atoms with van der Waals surface area (Å²) in [5.74, 6) is -0.726. The number of para-hydroxylation sites is 1. The van der Waals surface area contributed by atoms with Gasteiger partial charge >= 0.3 is 5.97 Å². The zero-order valence-corrected chi connectivity index (χ0v) is 19.3. The number of carboxylic acid groups (broad SMARTS) is 1. The van der Waals surface area contributed by atoms with Gasteiger partial charge in [-0.3, -0.25) is 9.59 Å². The molecular weight excluding hydrogens is 432 g/mol. The lowest BCUT2D eigenvalue weighted by atomic mass is 9.89. The number of aromatic carboxylic acids is 1. The molecule has 2 amide bonds. The van der Waals surface area contributed by atoms with Crippen molar-refractivity contribution in [3.8, 4) is 5.75 Å². The van der Waals surface area contributed by atoms with Gasteiger partial charge in [-0.05, 0) is 67.4 Å². The Kier molecular flexibility index (Phi) is 6.36. The van der Waals surface area contributed by atoms with Crippen LogP contribution in [-0.2, 0) is 4.79 Å². The molecule has 0 radical (unpaired) electrons. The summed E-state index contributed by atoms with van der Waals surface area (Å²) < 4.78 is 5.20. The van der Waals surface area contributed by atoms with Crippen LogP contribution in [0.1, 0.15) is 52.6 Å². The van der Waals surface area contributed by atoms with Crippen LogP contribution in [0, 0.1) is 0 Å². The Bertz CT molecular complexity index is 1240. The van der Waals surface area contributed by atoms with E-state index in [1.54, 1.807) is 53.3 Å². The summed E-state index contributed by atoms with van der Waals surface area (Å²) in [5, 5.41) is 9.42. The van der Waals surface area contributed by atoms with Gasteiger partial charge in [-0.1, -0.05) is 24.3 Å². The minimum absolute atomic E-state index is 0.109. The number of benzene rings is 3. The molecule has 1 aliphatic rings. The van der Waals surface area contributed by atoms with Crippen LogP contribution in [0.15, 0.2) is 72.8 Å². The van der Waals surface area contributed by atoms with Gasteiger partial charge in [0, 0.05) is 29.9 Å². The third-order valence-corrected chi connectivity index (χ3v) is 6.14. The number of hydrogen-bond acceptors (Lipinski definition) is 4. The number of anilines is 2. The highest BCUT2D eigenvalue weighted by atomic mass is 16.5. The van der Waals surface area contributed by atoms with E-state index in [-0.39, 0.29) is 29.5 Å². The van der Waals surface area contributed by atoms with Crippen molar-refractivity contribution in [1.29, 1.82) is 0 Å². The second-order valence-electron chi connectivity index (χ2n) is 8.31. The molecular formula is C27H26N2O5. The molecule has 0 spiro atoms. The maximum Gasteiger partial charge on any atom is 0.335 e. The molecule has 4 rings (SSSR count). The van der Waals surface area contributed by atoms with Gasteiger partial charge in [-0.2, -0.15) is 0 Å². The van der Waals surface area contributed by atoms with E-state index in [2.05, 4.69) is 0 Å². The summed E-state index contributed by atoms with van der Waals surface area (Å²) in [6, 6.07) is 20.3. The lowest BCUT2D eigenvalue weighted by molar-refractivity contribution is -0.117. The number of nitrogens with zero attached hydrogens (tertiary/aromatic N) is 2. The highest BCUT2D eigenvalue weighted by Crippen LogP contribution is 2.42. The average Bonchev–Trinajstić information content (AvgIpc) is 2.84. The Labute approximate surface area is 198 Å². The fraction of sp³-hybridized carbons (Fsp3) is 0.222. The van der Waals surface area contributed by atoms with Gasteiger partial charge in [0.25, 0.3) is 5.91 Å². The molecule has 0 fully saturated rings. The molecule has 0 bridgehead atoms. The molecule has 34 heavy (non-hydrogen) atoms. The Morgan fingerprint density at radius 3 is 2.32 bits per heavy atom. The first kappa shape index (κ1) is 23.0. The van der Waals surface area contributed by atoms with E-state index in [1.807, 2.05) is 31.2 Å². The van der Waals surface area contributed by atoms with Crippen molar-refractivity contribution in [3.05, 3.63) is 89.5 Å². The predicted octanol–water partition coefficient (Wildman–Crippen LogP) is 4.93. The molecule has 0 saturated heterocycles. The average molecular weight is 459 g/mol. The van der Waals surface area contributed by atoms with Crippen LogP contribution in [-0.4, -0.2) is 36.0 Å². The largest absolute Gasteiger partial charge is 0.497 e. The van der Waals surface area contributed by atoms with Crippen molar-refractivity contribution >= 4 is 29.2 Å². The highest BCUT2D eigenvalue weighted by molar-refractivity contribution is 6.07. The summed E-state index contributed by atoms with van der Waals surface area (Å²) in [6.45, 7) is 3.42. The Morgan fingerprint density at radius 1 is 0.971 bits per heavy atom. The molecule has 1 heterocycles. The molecule has 0 aliphatic carbocycles. The van der Waals surface area contributed by atoms with Crippen LogP contribution < -0.4 is 14.5 Å². The lowest BCUT2D eigenvalue weighted by Gasteiger charge is -2.43. The summed E-state index contributed by atoms with van der Waals surface area (Å²) in [4.78, 5) is 41.2. The van der Waals surface area contributed by atoms with Crippen LogP contribution >= 0.6 is 0 Å². The summed E-state index contributed by atoms with van der Waals surface area (Å²) in [7, 11) is 1.58. The second kappa shape index (κ2) is 9.39. The predicted molar refractivity (Wildman–Crippen MR) is 130 cm³/mol. The van der Waals surface area contributed by atoms with Crippen LogP contribution in [0.5, 0.6) is 5.75 Å². The Balaban J connectivity index is 1.76. The van der Waals surface area contributed by atoms with E-state index >= 15 is 0 Å². The number of hydrogen-bond donors (Lipinski definition) is 1. The zero-order valence-electron chi connectivity index (χ0n) is 19.3. The topological polar surface area (TPSA) is 87.2 Å². The number of carboxylic acids is 1. The van der Waals surface area contributed by atoms with Gasteiger partial charge in [-0.25, -0.2) is 4.79 Å². The van der Waals surface area contributed by atoms with Gasteiger partial charge in [-0.15, -0.1) is 0 Å². The molecule has 7 nitrogen and oxygen atoms in total. The van der Waals surface area contributed by atoms with Crippen LogP contribution in [0.2, 0.25) is 0 Å². The third kappa shape index (κ3) is 4.24. The monoisotopic (exact) mass is 458 g/mol. The number of rotatable bonds is 5. The normalized spacial score (nSPS) is 17.0. The van der Waals surface area contributed by atoms with Crippen molar-refractivity contribution in [1.82, 2.24) is 0 Å². The Hall–Kier alpha value is -4.13. The SMILES string of the molecule is COc1ccc(C(=O)N2c3ccccc3C(N(C(C)=O)c3cccc(C(=O)O)c3)CC2C)cc1. The molecule has 7 heteroatoms. The van der Waals surface area contributed by atoms with Crippen molar-refractivity contribution < 1.29 is 24.2 Å². The van der Waals surface area contributed by atoms with Crippen molar-refractivity contribution in [2.45, 2.75) is 32.4 Å². The van der Waals surface area contributed by atoms with Gasteiger partial charge in [0.05, 0.1) is 18.7 Å². The molecule has 174 valence electrons. The molecule has 3 aromatic rings. The molecule has 3 aromatic carbocycles. The van der Waals surface area contributed by atoms with Crippen molar-refractivity contribution in [2.75, 3.05) is 16.9 Å². The van der Waals surface area contributed by atoms with E-state index < -0.39 is 5.97 Å². The van der Waals surface area contributed by atoms with Crippen molar-refractivity contribution in [3.63, 3.8) is 0 Å². The third-order valence-electron chi connectivity index (χ3n) is 6.14. The summed E-state index contributed by atoms with van der Waals surface area (Å²) in [5.41, 5.74) is 2.72. The van der Waals surface area contributed by atoms with Gasteiger partial charge < -0.3 is 19.6 Å². The lowest BCUT2D eigenvalue weighted by Crippen LogP contribution is -2.47. The van der Waals surface area contributed by atoms with Crippen molar-refractivity contribution in [2.24, 2.45) is 0 Å².